The maximum absolute atomic E-state index is 6.20. The smallest absolute Gasteiger partial charge is 0.0613 e. The van der Waals surface area contributed by atoms with E-state index < -0.39 is 0 Å². The average Bonchev–Trinajstić information content (AvgIpc) is 2.52. The molecule has 0 amide bonds. The van der Waals surface area contributed by atoms with E-state index in [9.17, 15) is 0 Å². The normalized spacial score (nSPS) is 26.1. The molecule has 0 saturated carbocycles. The van der Waals surface area contributed by atoms with Crippen molar-refractivity contribution >= 4 is 0 Å². The van der Waals surface area contributed by atoms with Crippen LogP contribution in [0.2, 0.25) is 0 Å². The minimum absolute atomic E-state index is 0.299. The molecule has 2 rings (SSSR count). The van der Waals surface area contributed by atoms with Gasteiger partial charge in [0.2, 0.25) is 0 Å². The topological polar surface area (TPSA) is 9.23 Å². The Morgan fingerprint density at radius 3 is 2.19 bits per heavy atom. The summed E-state index contributed by atoms with van der Waals surface area (Å²) < 4.78 is 6.20. The Kier molecular flexibility index (Phi) is 4.82. The zero-order valence-electron chi connectivity index (χ0n) is 15.1. The summed E-state index contributed by atoms with van der Waals surface area (Å²) in [5, 5.41) is 0. The SMILES string of the molecule is Cc1cc(C(C)C)c2c(c1C)[C@H](C)[C@H](C)OCC2C(C)C. The van der Waals surface area contributed by atoms with Crippen molar-refractivity contribution in [3.05, 3.63) is 33.9 Å². The lowest BCUT2D eigenvalue weighted by atomic mass is 9.75. The molecule has 3 atom stereocenters. The van der Waals surface area contributed by atoms with Gasteiger partial charge in [0.05, 0.1) is 12.7 Å². The maximum Gasteiger partial charge on any atom is 0.0613 e. The van der Waals surface area contributed by atoms with Crippen LogP contribution in [0.3, 0.4) is 0 Å². The highest BCUT2D eigenvalue weighted by Crippen LogP contribution is 2.43. The summed E-state index contributed by atoms with van der Waals surface area (Å²) in [6.45, 7) is 19.3. The van der Waals surface area contributed by atoms with Crippen LogP contribution in [0.1, 0.15) is 87.1 Å². The zero-order valence-corrected chi connectivity index (χ0v) is 15.1. The largest absolute Gasteiger partial charge is 0.377 e. The lowest BCUT2D eigenvalue weighted by molar-refractivity contribution is 0.0419. The third-order valence-corrected chi connectivity index (χ3v) is 5.46. The number of rotatable bonds is 2. The quantitative estimate of drug-likeness (QED) is 0.679. The van der Waals surface area contributed by atoms with Crippen LogP contribution in [0.4, 0.5) is 0 Å². The second-order valence-corrected chi connectivity index (χ2v) is 7.57. The highest BCUT2D eigenvalue weighted by molar-refractivity contribution is 5.51. The molecule has 118 valence electrons. The van der Waals surface area contributed by atoms with Crippen LogP contribution in [-0.4, -0.2) is 12.7 Å². The molecule has 0 N–H and O–H groups in total. The molecule has 1 aromatic rings. The summed E-state index contributed by atoms with van der Waals surface area (Å²) in [5.41, 5.74) is 7.62. The molecule has 0 aromatic heterocycles. The minimum atomic E-state index is 0.299. The van der Waals surface area contributed by atoms with Crippen LogP contribution >= 0.6 is 0 Å². The van der Waals surface area contributed by atoms with Crippen LogP contribution in [0.5, 0.6) is 0 Å². The predicted molar refractivity (Wildman–Crippen MR) is 91.4 cm³/mol. The average molecular weight is 288 g/mol. The van der Waals surface area contributed by atoms with Crippen molar-refractivity contribution < 1.29 is 4.74 Å². The van der Waals surface area contributed by atoms with Gasteiger partial charge in [-0.3, -0.25) is 0 Å². The molecule has 0 aliphatic carbocycles. The second-order valence-electron chi connectivity index (χ2n) is 7.57. The lowest BCUT2D eigenvalue weighted by Crippen LogP contribution is -2.17. The van der Waals surface area contributed by atoms with E-state index in [2.05, 4.69) is 61.5 Å². The van der Waals surface area contributed by atoms with Crippen molar-refractivity contribution in [1.82, 2.24) is 0 Å². The molecule has 1 aromatic carbocycles. The van der Waals surface area contributed by atoms with Gasteiger partial charge >= 0.3 is 0 Å². The zero-order chi connectivity index (χ0) is 15.9. The van der Waals surface area contributed by atoms with Gasteiger partial charge < -0.3 is 4.74 Å². The summed E-state index contributed by atoms with van der Waals surface area (Å²) in [5.74, 6) is 2.17. The fourth-order valence-electron chi connectivity index (χ4n) is 3.71. The summed E-state index contributed by atoms with van der Waals surface area (Å²) in [4.78, 5) is 0. The van der Waals surface area contributed by atoms with E-state index in [4.69, 9.17) is 4.74 Å². The highest BCUT2D eigenvalue weighted by Gasteiger charge is 2.33. The second kappa shape index (κ2) is 6.12. The monoisotopic (exact) mass is 288 g/mol. The van der Waals surface area contributed by atoms with Gasteiger partial charge in [0.1, 0.15) is 0 Å². The van der Waals surface area contributed by atoms with Crippen molar-refractivity contribution in [3.8, 4) is 0 Å². The van der Waals surface area contributed by atoms with Crippen LogP contribution in [0.25, 0.3) is 0 Å². The summed E-state index contributed by atoms with van der Waals surface area (Å²) in [6, 6.07) is 2.43. The Morgan fingerprint density at radius 2 is 1.67 bits per heavy atom. The number of hydrogen-bond donors (Lipinski definition) is 0. The first-order valence-corrected chi connectivity index (χ1v) is 8.51. The third-order valence-electron chi connectivity index (χ3n) is 5.46. The Hall–Kier alpha value is -0.820. The van der Waals surface area contributed by atoms with E-state index in [1.54, 1.807) is 11.1 Å². The summed E-state index contributed by atoms with van der Waals surface area (Å²) in [7, 11) is 0. The number of aryl methyl sites for hydroxylation is 1. The minimum Gasteiger partial charge on any atom is -0.377 e. The molecule has 0 radical (unpaired) electrons. The van der Waals surface area contributed by atoms with E-state index in [-0.39, 0.29) is 0 Å². The maximum atomic E-state index is 6.20. The van der Waals surface area contributed by atoms with Crippen molar-refractivity contribution in [2.24, 2.45) is 5.92 Å². The summed E-state index contributed by atoms with van der Waals surface area (Å²) in [6.07, 6.45) is 0.299. The molecule has 0 fully saturated rings. The van der Waals surface area contributed by atoms with Gasteiger partial charge in [-0.25, -0.2) is 0 Å². The molecule has 0 saturated heterocycles. The van der Waals surface area contributed by atoms with Gasteiger partial charge in [-0.2, -0.15) is 0 Å². The molecule has 1 nitrogen and oxygen atoms in total. The van der Waals surface area contributed by atoms with E-state index in [0.29, 0.717) is 29.8 Å². The van der Waals surface area contributed by atoms with Gasteiger partial charge in [0.25, 0.3) is 0 Å². The van der Waals surface area contributed by atoms with Crippen molar-refractivity contribution in [3.63, 3.8) is 0 Å². The molecular weight excluding hydrogens is 256 g/mol. The van der Waals surface area contributed by atoms with Gasteiger partial charge in [-0.1, -0.05) is 40.7 Å². The van der Waals surface area contributed by atoms with Crippen LogP contribution < -0.4 is 0 Å². The third kappa shape index (κ3) is 2.90. The van der Waals surface area contributed by atoms with E-state index in [1.165, 1.54) is 16.7 Å². The number of ether oxygens (including phenoxy) is 1. The van der Waals surface area contributed by atoms with Crippen LogP contribution in [-0.2, 0) is 4.74 Å². The van der Waals surface area contributed by atoms with Gasteiger partial charge in [0.15, 0.2) is 0 Å². The molecule has 1 heterocycles. The Bertz CT molecular complexity index is 513. The number of benzene rings is 1. The standard InChI is InChI=1S/C20H32O/c1-11(2)17-9-13(5)14(6)19-15(7)16(8)21-10-18(12(3)4)20(17)19/h9,11-12,15-16,18H,10H2,1-8H3/t15-,16+,18?/m1/s1. The number of fused-ring (bicyclic) bond motifs is 1. The van der Waals surface area contributed by atoms with Crippen LogP contribution in [0, 0.1) is 19.8 Å². The van der Waals surface area contributed by atoms with E-state index in [1.807, 2.05) is 0 Å². The molecule has 1 heteroatoms. The first kappa shape index (κ1) is 16.5. The molecular formula is C20H32O. The molecule has 1 aliphatic rings. The van der Waals surface area contributed by atoms with E-state index >= 15 is 0 Å². The fourth-order valence-corrected chi connectivity index (χ4v) is 3.71. The van der Waals surface area contributed by atoms with Crippen molar-refractivity contribution in [2.75, 3.05) is 6.61 Å². The molecule has 0 bridgehead atoms. The Labute approximate surface area is 131 Å². The van der Waals surface area contributed by atoms with Crippen molar-refractivity contribution in [2.45, 2.75) is 79.2 Å². The fraction of sp³-hybridized carbons (Fsp3) is 0.700. The molecule has 0 spiro atoms. The first-order chi connectivity index (χ1) is 9.75. The van der Waals surface area contributed by atoms with Gasteiger partial charge in [-0.05, 0) is 60.4 Å². The number of hydrogen-bond acceptors (Lipinski definition) is 1. The van der Waals surface area contributed by atoms with Gasteiger partial charge in [0, 0.05) is 11.8 Å². The predicted octanol–water partition coefficient (Wildman–Crippen LogP) is 5.69. The first-order valence-electron chi connectivity index (χ1n) is 8.51. The molecule has 1 aliphatic heterocycles. The molecule has 1 unspecified atom stereocenters. The Morgan fingerprint density at radius 1 is 1.05 bits per heavy atom. The Balaban J connectivity index is 2.79. The highest BCUT2D eigenvalue weighted by atomic mass is 16.5. The van der Waals surface area contributed by atoms with E-state index in [0.717, 1.165) is 6.61 Å². The molecule has 21 heavy (non-hydrogen) atoms. The lowest BCUT2D eigenvalue weighted by Gasteiger charge is -2.29. The van der Waals surface area contributed by atoms with Crippen LogP contribution in [0.15, 0.2) is 6.07 Å². The summed E-state index contributed by atoms with van der Waals surface area (Å²) >= 11 is 0. The van der Waals surface area contributed by atoms with Gasteiger partial charge in [-0.15, -0.1) is 0 Å². The van der Waals surface area contributed by atoms with Crippen molar-refractivity contribution in [1.29, 1.82) is 0 Å².